The lowest BCUT2D eigenvalue weighted by molar-refractivity contribution is 0.504. The fourth-order valence-electron chi connectivity index (χ4n) is 1.75. The Labute approximate surface area is 110 Å². The molecule has 1 atom stereocenters. The molecule has 1 unspecified atom stereocenters. The molecule has 7 heteroatoms. The van der Waals surface area contributed by atoms with Crippen LogP contribution in [0.15, 0.2) is 16.7 Å². The molecule has 6 nitrogen and oxygen atoms in total. The molecular weight excluding hydrogens is 254 g/mol. The fraction of sp³-hybridized carbons (Fsp3) is 0.545. The van der Waals surface area contributed by atoms with Crippen molar-refractivity contribution in [2.75, 3.05) is 6.54 Å². The molecule has 0 saturated carbocycles. The van der Waals surface area contributed by atoms with Crippen LogP contribution in [0.2, 0.25) is 5.22 Å². The first-order valence-corrected chi connectivity index (χ1v) is 6.27. The van der Waals surface area contributed by atoms with Crippen molar-refractivity contribution in [2.24, 2.45) is 7.05 Å². The highest BCUT2D eigenvalue weighted by Gasteiger charge is 2.19. The molecule has 0 aliphatic carbocycles. The molecule has 2 rings (SSSR count). The van der Waals surface area contributed by atoms with E-state index in [1.165, 1.54) is 4.80 Å². The summed E-state index contributed by atoms with van der Waals surface area (Å²) in [4.78, 5) is 1.45. The Bertz CT molecular complexity index is 495. The van der Waals surface area contributed by atoms with Crippen molar-refractivity contribution in [3.05, 3.63) is 28.9 Å². The summed E-state index contributed by atoms with van der Waals surface area (Å²) in [5.41, 5.74) is 0.928. The van der Waals surface area contributed by atoms with Gasteiger partial charge in [0.25, 0.3) is 0 Å². The Morgan fingerprint density at radius 3 is 2.94 bits per heavy atom. The van der Waals surface area contributed by atoms with Crippen LogP contribution in [0.3, 0.4) is 0 Å². The summed E-state index contributed by atoms with van der Waals surface area (Å²) in [6.07, 6.45) is 3.26. The summed E-state index contributed by atoms with van der Waals surface area (Å²) in [7, 11) is 1.75. The first-order valence-electron chi connectivity index (χ1n) is 5.90. The SMILES string of the molecule is CCCNC(Cc1nnn(C)n1)c1ccoc1Cl. The maximum Gasteiger partial charge on any atom is 0.197 e. The highest BCUT2D eigenvalue weighted by atomic mass is 35.5. The predicted octanol–water partition coefficient (Wildman–Crippen LogP) is 1.74. The Morgan fingerprint density at radius 2 is 2.39 bits per heavy atom. The maximum absolute atomic E-state index is 6.02. The van der Waals surface area contributed by atoms with Crippen molar-refractivity contribution >= 4 is 11.6 Å². The standard InChI is InChI=1S/C11H16ClN5O/c1-3-5-13-9(8-4-6-18-11(8)12)7-10-14-16-17(2)15-10/h4,6,9,13H,3,5,7H2,1-2H3. The average Bonchev–Trinajstić information content (AvgIpc) is 2.93. The summed E-state index contributed by atoms with van der Waals surface area (Å²) in [6, 6.07) is 1.91. The molecule has 1 N–H and O–H groups in total. The van der Waals surface area contributed by atoms with Crippen LogP contribution < -0.4 is 5.32 Å². The topological polar surface area (TPSA) is 68.8 Å². The summed E-state index contributed by atoms with van der Waals surface area (Å²) < 4.78 is 5.13. The van der Waals surface area contributed by atoms with Crippen LogP contribution in [0, 0.1) is 0 Å². The number of nitrogens with zero attached hydrogens (tertiary/aromatic N) is 4. The lowest BCUT2D eigenvalue weighted by Gasteiger charge is -2.15. The number of halogens is 1. The Hall–Kier alpha value is -1.40. The van der Waals surface area contributed by atoms with Crippen LogP contribution >= 0.6 is 11.6 Å². The number of nitrogens with one attached hydrogen (secondary N) is 1. The van der Waals surface area contributed by atoms with Crippen LogP contribution in [-0.4, -0.2) is 26.8 Å². The molecule has 2 aromatic rings. The van der Waals surface area contributed by atoms with Gasteiger partial charge in [-0.15, -0.1) is 10.2 Å². The molecule has 0 aliphatic rings. The highest BCUT2D eigenvalue weighted by Crippen LogP contribution is 2.25. The van der Waals surface area contributed by atoms with Gasteiger partial charge >= 0.3 is 0 Å². The molecule has 2 aromatic heterocycles. The van der Waals surface area contributed by atoms with Gasteiger partial charge in [0.05, 0.1) is 13.3 Å². The van der Waals surface area contributed by atoms with E-state index in [1.807, 2.05) is 6.07 Å². The van der Waals surface area contributed by atoms with Crippen molar-refractivity contribution in [2.45, 2.75) is 25.8 Å². The van der Waals surface area contributed by atoms with Gasteiger partial charge < -0.3 is 9.73 Å². The van der Waals surface area contributed by atoms with Crippen LogP contribution in [0.5, 0.6) is 0 Å². The van der Waals surface area contributed by atoms with Gasteiger partial charge in [-0.05, 0) is 35.8 Å². The van der Waals surface area contributed by atoms with E-state index in [0.717, 1.165) is 18.5 Å². The first kappa shape index (κ1) is 13.0. The molecule has 0 saturated heterocycles. The number of aromatic nitrogens is 4. The zero-order valence-electron chi connectivity index (χ0n) is 10.4. The minimum Gasteiger partial charge on any atom is -0.453 e. The molecule has 0 fully saturated rings. The van der Waals surface area contributed by atoms with Gasteiger partial charge in [-0.3, -0.25) is 0 Å². The molecule has 0 radical (unpaired) electrons. The highest BCUT2D eigenvalue weighted by molar-refractivity contribution is 6.29. The Morgan fingerprint density at radius 1 is 1.56 bits per heavy atom. The number of tetrazole rings is 1. The van der Waals surface area contributed by atoms with Gasteiger partial charge in [0.15, 0.2) is 11.0 Å². The van der Waals surface area contributed by atoms with Crippen LogP contribution in [0.25, 0.3) is 0 Å². The van der Waals surface area contributed by atoms with Crippen molar-refractivity contribution in [1.82, 2.24) is 25.5 Å². The van der Waals surface area contributed by atoms with E-state index in [1.54, 1.807) is 13.3 Å². The molecule has 0 amide bonds. The van der Waals surface area contributed by atoms with Crippen LogP contribution in [-0.2, 0) is 13.5 Å². The van der Waals surface area contributed by atoms with Gasteiger partial charge in [-0.25, -0.2) is 0 Å². The van der Waals surface area contributed by atoms with Crippen molar-refractivity contribution in [3.8, 4) is 0 Å². The normalized spacial score (nSPS) is 12.8. The maximum atomic E-state index is 6.02. The van der Waals surface area contributed by atoms with E-state index in [0.29, 0.717) is 17.5 Å². The zero-order chi connectivity index (χ0) is 13.0. The summed E-state index contributed by atoms with van der Waals surface area (Å²) in [5.74, 6) is 0.684. The number of hydrogen-bond donors (Lipinski definition) is 1. The second-order valence-electron chi connectivity index (χ2n) is 4.06. The third kappa shape index (κ3) is 3.08. The van der Waals surface area contributed by atoms with E-state index < -0.39 is 0 Å². The van der Waals surface area contributed by atoms with Crippen molar-refractivity contribution < 1.29 is 4.42 Å². The van der Waals surface area contributed by atoms with E-state index in [-0.39, 0.29) is 6.04 Å². The number of hydrogen-bond acceptors (Lipinski definition) is 5. The van der Waals surface area contributed by atoms with Gasteiger partial charge in [-0.2, -0.15) is 4.80 Å². The van der Waals surface area contributed by atoms with E-state index >= 15 is 0 Å². The molecular formula is C11H16ClN5O. The average molecular weight is 270 g/mol. The summed E-state index contributed by atoms with van der Waals surface area (Å²) in [5, 5.41) is 15.8. The number of furan rings is 1. The minimum atomic E-state index is 0.0420. The second-order valence-corrected chi connectivity index (χ2v) is 4.40. The first-order chi connectivity index (χ1) is 8.70. The van der Waals surface area contributed by atoms with Gasteiger partial charge in [0.1, 0.15) is 0 Å². The number of rotatable bonds is 6. The van der Waals surface area contributed by atoms with Gasteiger partial charge in [0.2, 0.25) is 0 Å². The van der Waals surface area contributed by atoms with Gasteiger partial charge in [-0.1, -0.05) is 6.92 Å². The fourth-order valence-corrected chi connectivity index (χ4v) is 2.00. The molecule has 98 valence electrons. The van der Waals surface area contributed by atoms with E-state index in [4.69, 9.17) is 16.0 Å². The monoisotopic (exact) mass is 269 g/mol. The third-order valence-electron chi connectivity index (χ3n) is 2.60. The van der Waals surface area contributed by atoms with Crippen LogP contribution in [0.4, 0.5) is 0 Å². The largest absolute Gasteiger partial charge is 0.453 e. The van der Waals surface area contributed by atoms with Gasteiger partial charge in [0, 0.05) is 18.0 Å². The quantitative estimate of drug-likeness (QED) is 0.865. The smallest absolute Gasteiger partial charge is 0.197 e. The number of aryl methyl sites for hydroxylation is 1. The van der Waals surface area contributed by atoms with Crippen molar-refractivity contribution in [1.29, 1.82) is 0 Å². The molecule has 0 aromatic carbocycles. The molecule has 0 aliphatic heterocycles. The van der Waals surface area contributed by atoms with Crippen LogP contribution in [0.1, 0.15) is 30.8 Å². The molecule has 0 bridgehead atoms. The summed E-state index contributed by atoms with van der Waals surface area (Å²) in [6.45, 7) is 3.01. The van der Waals surface area contributed by atoms with Crippen molar-refractivity contribution in [3.63, 3.8) is 0 Å². The summed E-state index contributed by atoms with van der Waals surface area (Å²) >= 11 is 6.02. The minimum absolute atomic E-state index is 0.0420. The zero-order valence-corrected chi connectivity index (χ0v) is 11.2. The predicted molar refractivity (Wildman–Crippen MR) is 67.3 cm³/mol. The van der Waals surface area contributed by atoms with E-state index in [9.17, 15) is 0 Å². The lowest BCUT2D eigenvalue weighted by atomic mass is 10.1. The second kappa shape index (κ2) is 5.97. The third-order valence-corrected chi connectivity index (χ3v) is 2.91. The molecule has 0 spiro atoms. The van der Waals surface area contributed by atoms with E-state index in [2.05, 4.69) is 27.7 Å². The lowest BCUT2D eigenvalue weighted by Crippen LogP contribution is -2.24. The Balaban J connectivity index is 2.12. The molecule has 2 heterocycles. The molecule has 18 heavy (non-hydrogen) atoms. The Kier molecular flexibility index (Phi) is 4.33.